The summed E-state index contributed by atoms with van der Waals surface area (Å²) in [5, 5.41) is 1.08. The van der Waals surface area contributed by atoms with Gasteiger partial charge in [0, 0.05) is 49.2 Å². The maximum absolute atomic E-state index is 11.7. The van der Waals surface area contributed by atoms with Crippen LogP contribution in [0.2, 0.25) is 0 Å². The van der Waals surface area contributed by atoms with E-state index in [4.69, 9.17) is 9.72 Å². The number of hydrogen-bond donors (Lipinski definition) is 1. The maximum Gasteiger partial charge on any atom is 0.142 e. The van der Waals surface area contributed by atoms with Gasteiger partial charge in [-0.3, -0.25) is 4.98 Å². The summed E-state index contributed by atoms with van der Waals surface area (Å²) in [6.45, 7) is 3.60. The smallest absolute Gasteiger partial charge is 0.142 e. The molecule has 5 rings (SSSR count). The quantitative estimate of drug-likeness (QED) is 0.439. The van der Waals surface area contributed by atoms with Gasteiger partial charge in [-0.15, -0.1) is 0 Å². The van der Waals surface area contributed by atoms with Gasteiger partial charge < -0.3 is 18.8 Å². The van der Waals surface area contributed by atoms with Gasteiger partial charge in [-0.25, -0.2) is 9.71 Å². The van der Waals surface area contributed by atoms with E-state index < -0.39 is 10.4 Å². The highest BCUT2D eigenvalue weighted by Gasteiger charge is 2.19. The summed E-state index contributed by atoms with van der Waals surface area (Å²) in [5.74, 6) is 0.917. The third kappa shape index (κ3) is 4.90. The average Bonchev–Trinajstić information content (AvgIpc) is 3.21. The number of sulfonamides is 1. The van der Waals surface area contributed by atoms with Crippen LogP contribution in [0.1, 0.15) is 5.56 Å². The van der Waals surface area contributed by atoms with Gasteiger partial charge in [0.2, 0.25) is 0 Å². The highest BCUT2D eigenvalue weighted by Crippen LogP contribution is 2.32. The van der Waals surface area contributed by atoms with Crippen LogP contribution in [-0.2, 0) is 25.9 Å². The monoisotopic (exact) mass is 463 g/mol. The van der Waals surface area contributed by atoms with Crippen LogP contribution >= 0.6 is 0 Å². The zero-order valence-electron chi connectivity index (χ0n) is 18.3. The lowest BCUT2D eigenvalue weighted by Gasteiger charge is -2.29. The van der Waals surface area contributed by atoms with Crippen LogP contribution in [0.3, 0.4) is 0 Å². The number of morpholine rings is 1. The Kier molecular flexibility index (Phi) is 5.84. The first kappa shape index (κ1) is 21.6. The molecule has 1 N–H and O–H groups in total. The van der Waals surface area contributed by atoms with Crippen LogP contribution in [0.25, 0.3) is 22.2 Å². The molecule has 4 aromatic rings. The van der Waals surface area contributed by atoms with Gasteiger partial charge in [0.1, 0.15) is 22.5 Å². The minimum atomic E-state index is -3.37. The number of rotatable bonds is 6. The minimum absolute atomic E-state index is 0.511. The Morgan fingerprint density at radius 2 is 1.91 bits per heavy atom. The third-order valence-electron chi connectivity index (χ3n) is 5.62. The molecule has 4 heterocycles. The van der Waals surface area contributed by atoms with Gasteiger partial charge in [0.05, 0.1) is 30.1 Å². The molecular weight excluding hydrogens is 438 g/mol. The molecule has 1 aromatic carbocycles. The zero-order chi connectivity index (χ0) is 22.8. The Balaban J connectivity index is 1.62. The third-order valence-corrected chi connectivity index (χ3v) is 6.23. The molecule has 0 amide bonds. The van der Waals surface area contributed by atoms with Crippen molar-refractivity contribution in [1.29, 1.82) is 0 Å². The molecule has 0 radical (unpaired) electrons. The second-order valence-corrected chi connectivity index (χ2v) is 9.87. The minimum Gasteiger partial charge on any atom is -0.593 e. The number of pyridine rings is 2. The lowest BCUT2D eigenvalue weighted by Crippen LogP contribution is -2.36. The maximum atomic E-state index is 11.7. The number of ether oxygens (including phenoxy) is 1. The molecule has 170 valence electrons. The van der Waals surface area contributed by atoms with Gasteiger partial charge in [-0.05, 0) is 42.0 Å². The fourth-order valence-electron chi connectivity index (χ4n) is 4.11. The van der Waals surface area contributed by atoms with Crippen molar-refractivity contribution in [3.63, 3.8) is 0 Å². The first-order valence-corrected chi connectivity index (χ1v) is 12.7. The van der Waals surface area contributed by atoms with E-state index in [0.29, 0.717) is 25.4 Å². The normalized spacial score (nSPS) is 16.0. The summed E-state index contributed by atoms with van der Waals surface area (Å²) in [7, 11) is -3.37. The summed E-state index contributed by atoms with van der Waals surface area (Å²) in [5.41, 5.74) is 4.37. The van der Waals surface area contributed by atoms with Crippen LogP contribution in [0, 0.1) is 0 Å². The topological polar surface area (TPSA) is 95.3 Å². The molecule has 1 unspecified atom stereocenters. The van der Waals surface area contributed by atoms with E-state index in [0.717, 1.165) is 52.9 Å². The summed E-state index contributed by atoms with van der Waals surface area (Å²) in [4.78, 5) is 11.4. The van der Waals surface area contributed by atoms with Gasteiger partial charge in [0.25, 0.3) is 0 Å². The van der Waals surface area contributed by atoms with Crippen molar-refractivity contribution in [1.82, 2.24) is 14.5 Å². The molecule has 1 aliphatic heterocycles. The second kappa shape index (κ2) is 8.93. The number of hydrogen-bond acceptors (Lipinski definition) is 6. The van der Waals surface area contributed by atoms with Gasteiger partial charge in [-0.1, -0.05) is 16.3 Å². The van der Waals surface area contributed by atoms with Crippen molar-refractivity contribution in [3.05, 3.63) is 72.7 Å². The van der Waals surface area contributed by atoms with Crippen molar-refractivity contribution in [2.24, 2.45) is 0 Å². The lowest BCUT2D eigenvalue weighted by molar-refractivity contribution is 0.122. The Morgan fingerprint density at radius 1 is 1.12 bits per heavy atom. The van der Waals surface area contributed by atoms with Crippen LogP contribution in [0.5, 0.6) is 0 Å². The summed E-state index contributed by atoms with van der Waals surface area (Å²) >= 11 is 0. The lowest BCUT2D eigenvalue weighted by atomic mass is 10.1. The molecule has 0 saturated carbocycles. The van der Waals surface area contributed by atoms with Crippen LogP contribution < -0.4 is 9.62 Å². The highest BCUT2D eigenvalue weighted by atomic mass is 32.3. The van der Waals surface area contributed by atoms with Gasteiger partial charge in [-0.2, -0.15) is 0 Å². The second-order valence-electron chi connectivity index (χ2n) is 8.12. The Labute approximate surface area is 193 Å². The zero-order valence-corrected chi connectivity index (χ0v) is 19.1. The molecule has 1 atom stereocenters. The summed E-state index contributed by atoms with van der Waals surface area (Å²) in [6, 6.07) is 15.5. The Bertz CT molecular complexity index is 1310. The van der Waals surface area contributed by atoms with Crippen molar-refractivity contribution in [2.75, 3.05) is 42.2 Å². The summed E-state index contributed by atoms with van der Waals surface area (Å²) in [6.07, 6.45) is 6.83. The van der Waals surface area contributed by atoms with E-state index in [9.17, 15) is 8.76 Å². The van der Waals surface area contributed by atoms with E-state index in [2.05, 4.69) is 37.5 Å². The summed E-state index contributed by atoms with van der Waals surface area (Å²) < 4.78 is 33.7. The number of anilines is 2. The number of aromatic nitrogens is 3. The van der Waals surface area contributed by atoms with Crippen molar-refractivity contribution in [3.8, 4) is 11.3 Å². The predicted octanol–water partition coefficient (Wildman–Crippen LogP) is 3.57. The highest BCUT2D eigenvalue weighted by molar-refractivity contribution is 7.98. The van der Waals surface area contributed by atoms with E-state index >= 15 is 0 Å². The Hall–Kier alpha value is -3.27. The fourth-order valence-corrected chi connectivity index (χ4v) is 4.67. The van der Waals surface area contributed by atoms with Crippen molar-refractivity contribution >= 4 is 32.8 Å². The van der Waals surface area contributed by atoms with Crippen molar-refractivity contribution in [2.45, 2.75) is 6.54 Å². The fraction of sp³-hybridized carbons (Fsp3) is 0.250. The van der Waals surface area contributed by atoms with E-state index in [1.54, 1.807) is 18.5 Å². The molecule has 1 saturated heterocycles. The predicted molar refractivity (Wildman–Crippen MR) is 130 cm³/mol. The number of nitrogens with one attached hydrogen (secondary N) is 1. The molecule has 0 aliphatic carbocycles. The van der Waals surface area contributed by atoms with Gasteiger partial charge in [0.15, 0.2) is 0 Å². The average molecular weight is 464 g/mol. The first-order chi connectivity index (χ1) is 16.0. The molecule has 3 aromatic heterocycles. The molecular formula is C24H25N5O3S. The van der Waals surface area contributed by atoms with Gasteiger partial charge >= 0.3 is 0 Å². The molecule has 0 spiro atoms. The molecule has 1 fully saturated rings. The van der Waals surface area contributed by atoms with Crippen molar-refractivity contribution < 1.29 is 13.5 Å². The van der Waals surface area contributed by atoms with E-state index in [1.807, 2.05) is 30.3 Å². The van der Waals surface area contributed by atoms with Crippen LogP contribution in [-0.4, -0.2) is 51.6 Å². The molecule has 0 bridgehead atoms. The Morgan fingerprint density at radius 3 is 2.67 bits per heavy atom. The SMILES string of the molecule is C[S+](=O)([O-])Nc1cccc(-c2cc3c(ccn3Cc3ccncc3)c(N3CCOCC3)n2)c1. The molecule has 1 aliphatic rings. The number of fused-ring (bicyclic) bond motifs is 1. The van der Waals surface area contributed by atoms with Crippen LogP contribution in [0.4, 0.5) is 11.5 Å². The van der Waals surface area contributed by atoms with E-state index in [-0.39, 0.29) is 0 Å². The first-order valence-electron chi connectivity index (χ1n) is 10.8. The molecule has 8 nitrogen and oxygen atoms in total. The largest absolute Gasteiger partial charge is 0.593 e. The van der Waals surface area contributed by atoms with E-state index in [1.165, 1.54) is 0 Å². The number of benzene rings is 1. The van der Waals surface area contributed by atoms with Crippen LogP contribution in [0.15, 0.2) is 67.1 Å². The molecule has 9 heteroatoms. The standard InChI is InChI=1S/C24H25N5O3S/c1-33(30,31)27-20-4-2-3-19(15-20)22-16-23-21(24(26-22)28-11-13-32-14-12-28)7-10-29(23)17-18-5-8-25-9-6-18/h2-10,15-16H,11-14,17H2,1H3,(H-,27,30,31). The molecule has 33 heavy (non-hydrogen) atoms. The number of nitrogens with zero attached hydrogens (tertiary/aromatic N) is 4.